The number of nitrogens with zero attached hydrogens (tertiary/aromatic N) is 2. The summed E-state index contributed by atoms with van der Waals surface area (Å²) in [5.41, 5.74) is 1.31. The largest absolute Gasteiger partial charge is 0.460 e. The number of para-hydroxylation sites is 1. The van der Waals surface area contributed by atoms with Crippen molar-refractivity contribution in [2.75, 3.05) is 24.5 Å². The Hall–Kier alpha value is -3.98. The van der Waals surface area contributed by atoms with Gasteiger partial charge in [0, 0.05) is 7.05 Å². The zero-order valence-corrected chi connectivity index (χ0v) is 18.5. The number of benzene rings is 3. The highest BCUT2D eigenvalue weighted by Crippen LogP contribution is 2.23. The SMILES string of the molecule is CN(c1ccccc1)S(=O)(=O)c1ccc(C(=O)OCCN2C(=O)c3ccccc3C2=O)cc1. The molecule has 1 aliphatic heterocycles. The van der Waals surface area contributed by atoms with Gasteiger partial charge in [0.15, 0.2) is 0 Å². The normalized spacial score (nSPS) is 13.1. The van der Waals surface area contributed by atoms with Crippen LogP contribution in [0.25, 0.3) is 0 Å². The molecule has 0 aromatic heterocycles. The summed E-state index contributed by atoms with van der Waals surface area (Å²) in [6.07, 6.45) is 0. The minimum atomic E-state index is -3.80. The fourth-order valence-corrected chi connectivity index (χ4v) is 4.65. The molecule has 0 bridgehead atoms. The third-order valence-electron chi connectivity index (χ3n) is 5.29. The predicted octanol–water partition coefficient (Wildman–Crippen LogP) is 2.96. The number of hydrogen-bond donors (Lipinski definition) is 0. The third-order valence-corrected chi connectivity index (χ3v) is 7.09. The Bertz CT molecular complexity index is 1290. The summed E-state index contributed by atoms with van der Waals surface area (Å²) in [6, 6.07) is 20.5. The highest BCUT2D eigenvalue weighted by Gasteiger charge is 2.34. The minimum Gasteiger partial charge on any atom is -0.460 e. The van der Waals surface area contributed by atoms with Crippen LogP contribution in [0.3, 0.4) is 0 Å². The maximum Gasteiger partial charge on any atom is 0.338 e. The van der Waals surface area contributed by atoms with E-state index in [1.54, 1.807) is 54.6 Å². The summed E-state index contributed by atoms with van der Waals surface area (Å²) in [7, 11) is -2.35. The molecule has 0 saturated carbocycles. The van der Waals surface area contributed by atoms with Crippen molar-refractivity contribution in [1.29, 1.82) is 0 Å². The lowest BCUT2D eigenvalue weighted by Crippen LogP contribution is -2.33. The van der Waals surface area contributed by atoms with Crippen molar-refractivity contribution >= 4 is 33.5 Å². The first-order valence-electron chi connectivity index (χ1n) is 10.1. The van der Waals surface area contributed by atoms with Gasteiger partial charge in [-0.1, -0.05) is 30.3 Å². The van der Waals surface area contributed by atoms with Crippen LogP contribution in [0, 0.1) is 0 Å². The van der Waals surface area contributed by atoms with Crippen LogP contribution in [0.2, 0.25) is 0 Å². The van der Waals surface area contributed by atoms with Crippen LogP contribution in [0.4, 0.5) is 5.69 Å². The first-order valence-corrected chi connectivity index (χ1v) is 11.5. The average molecular weight is 464 g/mol. The van der Waals surface area contributed by atoms with E-state index in [-0.39, 0.29) is 23.6 Å². The van der Waals surface area contributed by atoms with Crippen molar-refractivity contribution in [3.05, 3.63) is 95.6 Å². The molecular weight excluding hydrogens is 444 g/mol. The Morgan fingerprint density at radius 2 is 1.39 bits per heavy atom. The van der Waals surface area contributed by atoms with Gasteiger partial charge in [-0.3, -0.25) is 18.8 Å². The molecule has 33 heavy (non-hydrogen) atoms. The lowest BCUT2D eigenvalue weighted by molar-refractivity contribution is 0.0420. The molecule has 0 N–H and O–H groups in total. The number of anilines is 1. The zero-order chi connectivity index (χ0) is 23.6. The molecule has 0 radical (unpaired) electrons. The molecule has 4 rings (SSSR count). The molecule has 2 amide bonds. The van der Waals surface area contributed by atoms with E-state index in [0.29, 0.717) is 16.8 Å². The molecular formula is C24H20N2O6S. The minimum absolute atomic E-state index is 0.0245. The third kappa shape index (κ3) is 4.22. The van der Waals surface area contributed by atoms with E-state index in [1.165, 1.54) is 31.3 Å². The number of sulfonamides is 1. The number of fused-ring (bicyclic) bond motifs is 1. The smallest absolute Gasteiger partial charge is 0.338 e. The van der Waals surface area contributed by atoms with Crippen LogP contribution in [0.1, 0.15) is 31.1 Å². The van der Waals surface area contributed by atoms with Gasteiger partial charge in [0.05, 0.1) is 33.8 Å². The zero-order valence-electron chi connectivity index (χ0n) is 17.7. The van der Waals surface area contributed by atoms with Crippen molar-refractivity contribution < 1.29 is 27.5 Å². The standard InChI is InChI=1S/C24H20N2O6S/c1-25(18-7-3-2-4-8-18)33(30,31)19-13-11-17(12-14-19)24(29)32-16-15-26-22(27)20-9-5-6-10-21(20)23(26)28/h2-14H,15-16H2,1H3. The Morgan fingerprint density at radius 3 is 1.97 bits per heavy atom. The summed E-state index contributed by atoms with van der Waals surface area (Å²) in [5.74, 6) is -1.54. The van der Waals surface area contributed by atoms with Gasteiger partial charge in [-0.25, -0.2) is 13.2 Å². The second-order valence-corrected chi connectivity index (χ2v) is 9.25. The fraction of sp³-hybridized carbons (Fsp3) is 0.125. The van der Waals surface area contributed by atoms with Crippen molar-refractivity contribution in [1.82, 2.24) is 4.90 Å². The van der Waals surface area contributed by atoms with Crippen LogP contribution < -0.4 is 4.31 Å². The van der Waals surface area contributed by atoms with E-state index >= 15 is 0 Å². The lowest BCUT2D eigenvalue weighted by atomic mass is 10.1. The Morgan fingerprint density at radius 1 is 0.848 bits per heavy atom. The van der Waals surface area contributed by atoms with Gasteiger partial charge < -0.3 is 4.74 Å². The molecule has 9 heteroatoms. The van der Waals surface area contributed by atoms with Gasteiger partial charge in [-0.15, -0.1) is 0 Å². The molecule has 8 nitrogen and oxygen atoms in total. The Kier molecular flexibility index (Phi) is 5.97. The summed E-state index contributed by atoms with van der Waals surface area (Å²) >= 11 is 0. The summed E-state index contributed by atoms with van der Waals surface area (Å²) in [5, 5.41) is 0. The lowest BCUT2D eigenvalue weighted by Gasteiger charge is -2.19. The summed E-state index contributed by atoms with van der Waals surface area (Å²) in [6.45, 7) is -0.256. The highest BCUT2D eigenvalue weighted by molar-refractivity contribution is 7.92. The second-order valence-electron chi connectivity index (χ2n) is 7.28. The molecule has 0 unspecified atom stereocenters. The number of rotatable bonds is 7. The number of carbonyl (C=O) groups excluding carboxylic acids is 3. The van der Waals surface area contributed by atoms with Crippen LogP contribution in [0.5, 0.6) is 0 Å². The molecule has 0 aliphatic carbocycles. The van der Waals surface area contributed by atoms with E-state index in [1.807, 2.05) is 0 Å². The van der Waals surface area contributed by atoms with Crippen LogP contribution >= 0.6 is 0 Å². The summed E-state index contributed by atoms with van der Waals surface area (Å²) < 4.78 is 32.0. The van der Waals surface area contributed by atoms with Crippen LogP contribution in [0.15, 0.2) is 83.8 Å². The molecule has 168 valence electrons. The first kappa shape index (κ1) is 22.2. The number of amides is 2. The monoisotopic (exact) mass is 464 g/mol. The van der Waals surface area contributed by atoms with E-state index in [4.69, 9.17) is 4.74 Å². The Labute approximate surface area is 191 Å². The second kappa shape index (κ2) is 8.87. The molecule has 0 fully saturated rings. The predicted molar refractivity (Wildman–Crippen MR) is 121 cm³/mol. The molecule has 3 aromatic carbocycles. The number of imide groups is 1. The summed E-state index contributed by atoms with van der Waals surface area (Å²) in [4.78, 5) is 38.1. The van der Waals surface area contributed by atoms with Gasteiger partial charge in [-0.2, -0.15) is 0 Å². The molecule has 1 heterocycles. The molecule has 0 spiro atoms. The fourth-order valence-electron chi connectivity index (χ4n) is 3.45. The van der Waals surface area contributed by atoms with Crippen molar-refractivity contribution in [2.45, 2.75) is 4.90 Å². The number of ether oxygens (including phenoxy) is 1. The molecule has 3 aromatic rings. The van der Waals surface area contributed by atoms with Crippen molar-refractivity contribution in [3.63, 3.8) is 0 Å². The van der Waals surface area contributed by atoms with Crippen LogP contribution in [-0.2, 0) is 14.8 Å². The maximum atomic E-state index is 12.8. The Balaban J connectivity index is 1.37. The van der Waals surface area contributed by atoms with Crippen molar-refractivity contribution in [2.24, 2.45) is 0 Å². The van der Waals surface area contributed by atoms with Gasteiger partial charge >= 0.3 is 5.97 Å². The average Bonchev–Trinajstić information content (AvgIpc) is 3.09. The molecule has 1 aliphatic rings. The van der Waals surface area contributed by atoms with E-state index in [0.717, 1.165) is 9.21 Å². The number of esters is 1. The van der Waals surface area contributed by atoms with Gasteiger partial charge in [-0.05, 0) is 48.5 Å². The maximum absolute atomic E-state index is 12.8. The molecule has 0 atom stereocenters. The van der Waals surface area contributed by atoms with E-state index in [2.05, 4.69) is 0 Å². The van der Waals surface area contributed by atoms with Gasteiger partial charge in [0.2, 0.25) is 0 Å². The number of carbonyl (C=O) groups is 3. The van der Waals surface area contributed by atoms with Crippen molar-refractivity contribution in [3.8, 4) is 0 Å². The topological polar surface area (TPSA) is 101 Å². The van der Waals surface area contributed by atoms with Crippen LogP contribution in [-0.4, -0.2) is 51.3 Å². The van der Waals surface area contributed by atoms with E-state index < -0.39 is 27.8 Å². The molecule has 0 saturated heterocycles. The van der Waals surface area contributed by atoms with Gasteiger partial charge in [0.25, 0.3) is 21.8 Å². The first-order chi connectivity index (χ1) is 15.8. The highest BCUT2D eigenvalue weighted by atomic mass is 32.2. The number of hydrogen-bond acceptors (Lipinski definition) is 6. The van der Waals surface area contributed by atoms with Gasteiger partial charge in [0.1, 0.15) is 6.61 Å². The van der Waals surface area contributed by atoms with E-state index in [9.17, 15) is 22.8 Å². The quantitative estimate of drug-likeness (QED) is 0.394.